The van der Waals surface area contributed by atoms with E-state index in [0.29, 0.717) is 12.0 Å². The minimum Gasteiger partial charge on any atom is -0.342 e. The lowest BCUT2D eigenvalue weighted by Gasteiger charge is -2.14. The normalized spacial score (nSPS) is 16.3. The van der Waals surface area contributed by atoms with E-state index in [2.05, 4.69) is 26.1 Å². The number of hydrogen-bond donors (Lipinski definition) is 1. The van der Waals surface area contributed by atoms with E-state index < -0.39 is 6.04 Å². The van der Waals surface area contributed by atoms with Crippen LogP contribution in [0.2, 0.25) is 0 Å². The van der Waals surface area contributed by atoms with Crippen LogP contribution in [0.1, 0.15) is 48.5 Å². The van der Waals surface area contributed by atoms with E-state index >= 15 is 0 Å². The first-order chi connectivity index (χ1) is 10.9. The maximum absolute atomic E-state index is 12.8. The second-order valence-corrected chi connectivity index (χ2v) is 6.31. The number of Topliss-reactive ketones (excluding diaryl/α,β-unsaturated/α-hetero) is 1. The lowest BCUT2D eigenvalue weighted by molar-refractivity contribution is 0.0868. The molecule has 3 rings (SSSR count). The van der Waals surface area contributed by atoms with Crippen molar-refractivity contribution in [2.45, 2.75) is 40.2 Å². The number of hydrogen-bond acceptors (Lipinski definition) is 2. The fourth-order valence-electron chi connectivity index (χ4n) is 3.40. The average molecular weight is 307 g/mol. The summed E-state index contributed by atoms with van der Waals surface area (Å²) in [4.78, 5) is 25.1. The number of carbonyl (C=O) groups is 2. The smallest absolute Gasteiger partial charge is 0.251 e. The Labute approximate surface area is 136 Å². The van der Waals surface area contributed by atoms with Crippen molar-refractivity contribution in [1.29, 1.82) is 0 Å². The molecular weight excluding hydrogens is 286 g/mol. The van der Waals surface area contributed by atoms with Gasteiger partial charge in [-0.1, -0.05) is 18.2 Å². The van der Waals surface area contributed by atoms with Gasteiger partial charge in [-0.2, -0.15) is 0 Å². The van der Waals surface area contributed by atoms with Crippen LogP contribution in [-0.4, -0.2) is 17.7 Å². The second kappa shape index (κ2) is 5.65. The number of benzene rings is 2. The molecule has 0 spiro atoms. The minimum atomic E-state index is -0.462. The molecule has 0 bridgehead atoms. The largest absolute Gasteiger partial charge is 0.342 e. The number of carbonyl (C=O) groups excluding carboxylic acids is 2. The van der Waals surface area contributed by atoms with Gasteiger partial charge in [0.25, 0.3) is 5.91 Å². The molecule has 0 saturated carbocycles. The summed E-state index contributed by atoms with van der Waals surface area (Å²) >= 11 is 0. The standard InChI is InChI=1S/C20H21NO2/c1-11-12(2)14(4)18-16(13(11)3)10-17(19(18)22)21-20(23)15-8-6-5-7-9-15/h5-9,17H,10H2,1-4H3,(H,21,23). The number of nitrogens with one attached hydrogen (secondary N) is 1. The van der Waals surface area contributed by atoms with Gasteiger partial charge in [0.2, 0.25) is 0 Å². The lowest BCUT2D eigenvalue weighted by atomic mass is 9.90. The first kappa shape index (κ1) is 15.5. The molecule has 1 aliphatic carbocycles. The molecular formula is C20H21NO2. The van der Waals surface area contributed by atoms with Crippen LogP contribution in [0.15, 0.2) is 30.3 Å². The SMILES string of the molecule is Cc1c(C)c(C)c2c(c1C)CC(NC(=O)c1ccccc1)C2=O. The van der Waals surface area contributed by atoms with Gasteiger partial charge >= 0.3 is 0 Å². The zero-order valence-electron chi connectivity index (χ0n) is 14.0. The Hall–Kier alpha value is -2.42. The topological polar surface area (TPSA) is 46.2 Å². The number of rotatable bonds is 2. The summed E-state index contributed by atoms with van der Waals surface area (Å²) in [6.07, 6.45) is 0.584. The van der Waals surface area contributed by atoms with Crippen LogP contribution < -0.4 is 5.32 Å². The summed E-state index contributed by atoms with van der Waals surface area (Å²) in [5, 5.41) is 2.90. The highest BCUT2D eigenvalue weighted by Gasteiger charge is 2.35. The highest BCUT2D eigenvalue weighted by Crippen LogP contribution is 2.33. The van der Waals surface area contributed by atoms with Gasteiger partial charge in [0.15, 0.2) is 5.78 Å². The summed E-state index contributed by atoms with van der Waals surface area (Å²) in [6.45, 7) is 8.22. The molecule has 0 aromatic heterocycles. The quantitative estimate of drug-likeness (QED) is 0.923. The lowest BCUT2D eigenvalue weighted by Crippen LogP contribution is -2.39. The third-order valence-electron chi connectivity index (χ3n) is 5.13. The monoisotopic (exact) mass is 307 g/mol. The van der Waals surface area contributed by atoms with E-state index in [0.717, 1.165) is 16.7 Å². The summed E-state index contributed by atoms with van der Waals surface area (Å²) in [5.74, 6) is -0.159. The Kier molecular flexibility index (Phi) is 3.80. The number of ketones is 1. The van der Waals surface area contributed by atoms with Crippen molar-refractivity contribution in [3.63, 3.8) is 0 Å². The Morgan fingerprint density at radius 3 is 2.22 bits per heavy atom. The maximum atomic E-state index is 12.8. The molecule has 2 aromatic rings. The fraction of sp³-hybridized carbons (Fsp3) is 0.300. The maximum Gasteiger partial charge on any atom is 0.251 e. The van der Waals surface area contributed by atoms with E-state index in [4.69, 9.17) is 0 Å². The molecule has 3 nitrogen and oxygen atoms in total. The van der Waals surface area contributed by atoms with E-state index in [-0.39, 0.29) is 11.7 Å². The van der Waals surface area contributed by atoms with Crippen LogP contribution >= 0.6 is 0 Å². The van der Waals surface area contributed by atoms with Crippen molar-refractivity contribution in [3.05, 3.63) is 69.3 Å². The Morgan fingerprint density at radius 1 is 0.957 bits per heavy atom. The minimum absolute atomic E-state index is 0.0352. The Morgan fingerprint density at radius 2 is 1.57 bits per heavy atom. The molecule has 118 valence electrons. The van der Waals surface area contributed by atoms with Crippen molar-refractivity contribution in [1.82, 2.24) is 5.32 Å². The van der Waals surface area contributed by atoms with E-state index in [1.54, 1.807) is 12.1 Å². The van der Waals surface area contributed by atoms with Gasteiger partial charge in [0.1, 0.15) is 0 Å². The molecule has 1 aliphatic rings. The molecule has 0 fully saturated rings. The molecule has 0 saturated heterocycles. The highest BCUT2D eigenvalue weighted by molar-refractivity contribution is 6.09. The molecule has 0 heterocycles. The zero-order chi connectivity index (χ0) is 16.7. The van der Waals surface area contributed by atoms with Gasteiger partial charge in [-0.3, -0.25) is 9.59 Å². The second-order valence-electron chi connectivity index (χ2n) is 6.31. The molecule has 2 aromatic carbocycles. The van der Waals surface area contributed by atoms with Crippen molar-refractivity contribution >= 4 is 11.7 Å². The first-order valence-electron chi connectivity index (χ1n) is 7.91. The molecule has 1 unspecified atom stereocenters. The Bertz CT molecular complexity index is 806. The van der Waals surface area contributed by atoms with Crippen molar-refractivity contribution in [2.75, 3.05) is 0 Å². The predicted molar refractivity (Wildman–Crippen MR) is 91.1 cm³/mol. The van der Waals surface area contributed by atoms with Crippen molar-refractivity contribution < 1.29 is 9.59 Å². The summed E-state index contributed by atoms with van der Waals surface area (Å²) in [5.41, 5.74) is 7.11. The van der Waals surface area contributed by atoms with Gasteiger partial charge < -0.3 is 5.32 Å². The van der Waals surface area contributed by atoms with Crippen LogP contribution in [0, 0.1) is 27.7 Å². The molecule has 3 heteroatoms. The average Bonchev–Trinajstić information content (AvgIpc) is 2.88. The van der Waals surface area contributed by atoms with Crippen LogP contribution in [0.5, 0.6) is 0 Å². The summed E-state index contributed by atoms with van der Waals surface area (Å²) in [7, 11) is 0. The third kappa shape index (κ3) is 2.46. The van der Waals surface area contributed by atoms with E-state index in [1.807, 2.05) is 25.1 Å². The fourth-order valence-corrected chi connectivity index (χ4v) is 3.40. The molecule has 1 atom stereocenters. The number of fused-ring (bicyclic) bond motifs is 1. The van der Waals surface area contributed by atoms with Gasteiger partial charge in [0, 0.05) is 17.5 Å². The third-order valence-corrected chi connectivity index (χ3v) is 5.13. The Balaban J connectivity index is 1.92. The molecule has 0 aliphatic heterocycles. The first-order valence-corrected chi connectivity index (χ1v) is 7.91. The molecule has 23 heavy (non-hydrogen) atoms. The van der Waals surface area contributed by atoms with Crippen LogP contribution in [-0.2, 0) is 6.42 Å². The van der Waals surface area contributed by atoms with Gasteiger partial charge in [-0.15, -0.1) is 0 Å². The van der Waals surface area contributed by atoms with Crippen LogP contribution in [0.4, 0.5) is 0 Å². The van der Waals surface area contributed by atoms with Crippen LogP contribution in [0.3, 0.4) is 0 Å². The molecule has 1 N–H and O–H groups in total. The molecule has 1 amide bonds. The number of amides is 1. The van der Waals surface area contributed by atoms with Crippen LogP contribution in [0.25, 0.3) is 0 Å². The van der Waals surface area contributed by atoms with Gasteiger partial charge in [-0.25, -0.2) is 0 Å². The molecule has 0 radical (unpaired) electrons. The van der Waals surface area contributed by atoms with E-state index in [9.17, 15) is 9.59 Å². The zero-order valence-corrected chi connectivity index (χ0v) is 14.0. The van der Waals surface area contributed by atoms with E-state index in [1.165, 1.54) is 16.7 Å². The van der Waals surface area contributed by atoms with Crippen molar-refractivity contribution in [2.24, 2.45) is 0 Å². The highest BCUT2D eigenvalue weighted by atomic mass is 16.2. The van der Waals surface area contributed by atoms with Gasteiger partial charge in [-0.05, 0) is 67.6 Å². The van der Waals surface area contributed by atoms with Gasteiger partial charge in [0.05, 0.1) is 6.04 Å². The summed E-state index contributed by atoms with van der Waals surface area (Å²) in [6, 6.07) is 8.56. The summed E-state index contributed by atoms with van der Waals surface area (Å²) < 4.78 is 0. The predicted octanol–water partition coefficient (Wildman–Crippen LogP) is 3.46. The van der Waals surface area contributed by atoms with Crippen molar-refractivity contribution in [3.8, 4) is 0 Å².